The van der Waals surface area contributed by atoms with Crippen LogP contribution in [-0.4, -0.2) is 40.1 Å². The van der Waals surface area contributed by atoms with Gasteiger partial charge in [0, 0.05) is 29.6 Å². The molecule has 0 fully saturated rings. The summed E-state index contributed by atoms with van der Waals surface area (Å²) >= 11 is 0. The van der Waals surface area contributed by atoms with Crippen molar-refractivity contribution in [1.82, 2.24) is 20.0 Å². The van der Waals surface area contributed by atoms with E-state index in [0.29, 0.717) is 40.2 Å². The van der Waals surface area contributed by atoms with Crippen molar-refractivity contribution in [3.05, 3.63) is 78.1 Å². The summed E-state index contributed by atoms with van der Waals surface area (Å²) in [7, 11) is 3.07. The van der Waals surface area contributed by atoms with Crippen molar-refractivity contribution >= 4 is 11.6 Å². The highest BCUT2D eigenvalue weighted by atomic mass is 16.5. The van der Waals surface area contributed by atoms with Crippen LogP contribution in [0.15, 0.2) is 66.9 Å². The normalized spacial score (nSPS) is 10.5. The maximum Gasteiger partial charge on any atom is 0.255 e. The number of rotatable bonds is 7. The Bertz CT molecular complexity index is 1200. The van der Waals surface area contributed by atoms with Crippen molar-refractivity contribution in [1.29, 1.82) is 0 Å². The number of carbonyl (C=O) groups is 1. The van der Waals surface area contributed by atoms with Gasteiger partial charge in [-0.25, -0.2) is 4.68 Å². The maximum absolute atomic E-state index is 12.6. The third kappa shape index (κ3) is 4.84. The van der Waals surface area contributed by atoms with Crippen LogP contribution in [-0.2, 0) is 0 Å². The Labute approximate surface area is 184 Å². The standard InChI is InChI=1S/C23H21N5O4/c1-15-10-11-28(27-15)21-8-9-22(26-25-21)32-18-6-4-17(5-7-18)24-23(29)16-12-19(30-2)14-20(13-16)31-3/h4-14H,1-3H3,(H,24,29). The van der Waals surface area contributed by atoms with E-state index < -0.39 is 0 Å². The fourth-order valence-corrected chi connectivity index (χ4v) is 2.90. The number of hydrogen-bond donors (Lipinski definition) is 1. The average Bonchev–Trinajstić information content (AvgIpc) is 3.26. The summed E-state index contributed by atoms with van der Waals surface area (Å²) in [6.07, 6.45) is 1.81. The van der Waals surface area contributed by atoms with Crippen molar-refractivity contribution in [2.75, 3.05) is 19.5 Å². The molecule has 0 spiro atoms. The number of nitrogens with zero attached hydrogens (tertiary/aromatic N) is 4. The number of anilines is 1. The van der Waals surface area contributed by atoms with E-state index in [1.54, 1.807) is 59.3 Å². The average molecular weight is 431 g/mol. The van der Waals surface area contributed by atoms with E-state index in [4.69, 9.17) is 14.2 Å². The van der Waals surface area contributed by atoms with Crippen molar-refractivity contribution in [2.24, 2.45) is 0 Å². The Kier molecular flexibility index (Phi) is 5.98. The zero-order chi connectivity index (χ0) is 22.5. The van der Waals surface area contributed by atoms with Gasteiger partial charge in [0.15, 0.2) is 5.82 Å². The van der Waals surface area contributed by atoms with E-state index in [2.05, 4.69) is 20.6 Å². The lowest BCUT2D eigenvalue weighted by atomic mass is 10.1. The van der Waals surface area contributed by atoms with Gasteiger partial charge in [-0.05, 0) is 55.5 Å². The summed E-state index contributed by atoms with van der Waals surface area (Å²) in [4.78, 5) is 12.6. The van der Waals surface area contributed by atoms with Gasteiger partial charge in [-0.3, -0.25) is 4.79 Å². The molecule has 4 aromatic rings. The molecule has 0 atom stereocenters. The first-order chi connectivity index (χ1) is 15.5. The molecule has 0 radical (unpaired) electrons. The summed E-state index contributed by atoms with van der Waals surface area (Å²) in [5, 5.41) is 15.3. The van der Waals surface area contributed by atoms with Crippen LogP contribution in [0.3, 0.4) is 0 Å². The molecule has 1 amide bonds. The van der Waals surface area contributed by atoms with Gasteiger partial charge in [-0.15, -0.1) is 10.2 Å². The van der Waals surface area contributed by atoms with Gasteiger partial charge >= 0.3 is 0 Å². The first kappa shape index (κ1) is 20.9. The van der Waals surface area contributed by atoms with Crippen LogP contribution in [0.2, 0.25) is 0 Å². The zero-order valence-electron chi connectivity index (χ0n) is 17.8. The monoisotopic (exact) mass is 431 g/mol. The Morgan fingerprint density at radius 1 is 0.875 bits per heavy atom. The molecular weight excluding hydrogens is 410 g/mol. The second kappa shape index (κ2) is 9.17. The third-order valence-electron chi connectivity index (χ3n) is 4.53. The van der Waals surface area contributed by atoms with Gasteiger partial charge in [-0.1, -0.05) is 0 Å². The SMILES string of the molecule is COc1cc(OC)cc(C(=O)Nc2ccc(Oc3ccc(-n4ccc(C)n4)nn3)cc2)c1. The van der Waals surface area contributed by atoms with Gasteiger partial charge < -0.3 is 19.5 Å². The highest BCUT2D eigenvalue weighted by Gasteiger charge is 2.11. The minimum atomic E-state index is -0.286. The first-order valence-electron chi connectivity index (χ1n) is 9.73. The number of aromatic nitrogens is 4. The molecule has 32 heavy (non-hydrogen) atoms. The number of amides is 1. The molecule has 0 aliphatic carbocycles. The van der Waals surface area contributed by atoms with Crippen LogP contribution in [0.25, 0.3) is 5.82 Å². The van der Waals surface area contributed by atoms with E-state index in [-0.39, 0.29) is 5.91 Å². The largest absolute Gasteiger partial charge is 0.497 e. The van der Waals surface area contributed by atoms with E-state index in [1.807, 2.05) is 19.2 Å². The van der Waals surface area contributed by atoms with E-state index in [0.717, 1.165) is 5.69 Å². The van der Waals surface area contributed by atoms with E-state index >= 15 is 0 Å². The molecule has 2 aromatic heterocycles. The summed E-state index contributed by atoms with van der Waals surface area (Å²) < 4.78 is 17.8. The second-order valence-corrected chi connectivity index (χ2v) is 6.81. The Morgan fingerprint density at radius 2 is 1.59 bits per heavy atom. The Hall–Kier alpha value is -4.40. The lowest BCUT2D eigenvalue weighted by Gasteiger charge is -2.10. The molecule has 162 valence electrons. The molecule has 0 aliphatic rings. The fraction of sp³-hybridized carbons (Fsp3) is 0.130. The highest BCUT2D eigenvalue weighted by molar-refractivity contribution is 6.04. The lowest BCUT2D eigenvalue weighted by Crippen LogP contribution is -2.12. The summed E-state index contributed by atoms with van der Waals surface area (Å²) in [6.45, 7) is 1.90. The molecule has 0 aliphatic heterocycles. The topological polar surface area (TPSA) is 100 Å². The molecular formula is C23H21N5O4. The number of aryl methyl sites for hydroxylation is 1. The Morgan fingerprint density at radius 3 is 2.16 bits per heavy atom. The zero-order valence-corrected chi connectivity index (χ0v) is 17.8. The number of methoxy groups -OCH3 is 2. The Balaban J connectivity index is 1.40. The lowest BCUT2D eigenvalue weighted by molar-refractivity contribution is 0.102. The van der Waals surface area contributed by atoms with E-state index in [1.165, 1.54) is 14.2 Å². The summed E-state index contributed by atoms with van der Waals surface area (Å²) in [6, 6.07) is 17.3. The van der Waals surface area contributed by atoms with Crippen LogP contribution in [0.5, 0.6) is 23.1 Å². The molecule has 9 heteroatoms. The quantitative estimate of drug-likeness (QED) is 0.471. The maximum atomic E-state index is 12.6. The predicted octanol–water partition coefficient (Wildman–Crippen LogP) is 4.03. The van der Waals surface area contributed by atoms with Gasteiger partial charge in [0.2, 0.25) is 5.88 Å². The van der Waals surface area contributed by atoms with Crippen LogP contribution in [0.4, 0.5) is 5.69 Å². The van der Waals surface area contributed by atoms with Crippen LogP contribution < -0.4 is 19.5 Å². The van der Waals surface area contributed by atoms with E-state index in [9.17, 15) is 4.79 Å². The number of carbonyl (C=O) groups excluding carboxylic acids is 1. The fourth-order valence-electron chi connectivity index (χ4n) is 2.90. The third-order valence-corrected chi connectivity index (χ3v) is 4.53. The summed E-state index contributed by atoms with van der Waals surface area (Å²) in [5.74, 6) is 2.28. The number of hydrogen-bond acceptors (Lipinski definition) is 7. The molecule has 9 nitrogen and oxygen atoms in total. The van der Waals surface area contributed by atoms with Crippen LogP contribution in [0, 0.1) is 6.92 Å². The van der Waals surface area contributed by atoms with Gasteiger partial charge in [0.25, 0.3) is 5.91 Å². The molecule has 1 N–H and O–H groups in total. The van der Waals surface area contributed by atoms with Crippen LogP contribution >= 0.6 is 0 Å². The second-order valence-electron chi connectivity index (χ2n) is 6.81. The van der Waals surface area contributed by atoms with Gasteiger partial charge in [-0.2, -0.15) is 5.10 Å². The molecule has 0 saturated carbocycles. The van der Waals surface area contributed by atoms with Gasteiger partial charge in [0.05, 0.1) is 19.9 Å². The van der Waals surface area contributed by atoms with Gasteiger partial charge in [0.1, 0.15) is 17.2 Å². The molecule has 2 heterocycles. The minimum absolute atomic E-state index is 0.286. The number of nitrogens with one attached hydrogen (secondary N) is 1. The predicted molar refractivity (Wildman–Crippen MR) is 118 cm³/mol. The molecule has 4 rings (SSSR count). The van der Waals surface area contributed by atoms with Crippen LogP contribution in [0.1, 0.15) is 16.1 Å². The molecule has 0 bridgehead atoms. The first-order valence-corrected chi connectivity index (χ1v) is 9.73. The molecule has 2 aromatic carbocycles. The summed E-state index contributed by atoms with van der Waals surface area (Å²) in [5.41, 5.74) is 1.92. The van der Waals surface area contributed by atoms with Crippen molar-refractivity contribution in [3.63, 3.8) is 0 Å². The van der Waals surface area contributed by atoms with Crippen molar-refractivity contribution in [2.45, 2.75) is 6.92 Å². The highest BCUT2D eigenvalue weighted by Crippen LogP contribution is 2.25. The number of benzene rings is 2. The number of ether oxygens (including phenoxy) is 3. The molecule has 0 unspecified atom stereocenters. The smallest absolute Gasteiger partial charge is 0.255 e. The van der Waals surface area contributed by atoms with Crippen molar-refractivity contribution in [3.8, 4) is 28.9 Å². The molecule has 0 saturated heterocycles. The minimum Gasteiger partial charge on any atom is -0.497 e. The van der Waals surface area contributed by atoms with Crippen molar-refractivity contribution < 1.29 is 19.0 Å².